The van der Waals surface area contributed by atoms with Gasteiger partial charge in [0.2, 0.25) is 0 Å². The van der Waals surface area contributed by atoms with Crippen LogP contribution in [0.1, 0.15) is 27.5 Å². The zero-order valence-electron chi connectivity index (χ0n) is 19.0. The number of amides is 1. The summed E-state index contributed by atoms with van der Waals surface area (Å²) in [6.45, 7) is 0. The quantitative estimate of drug-likeness (QED) is 0.196. The van der Waals surface area contributed by atoms with Crippen molar-refractivity contribution < 1.29 is 24.6 Å². The van der Waals surface area contributed by atoms with E-state index in [1.165, 1.54) is 23.2 Å². The normalized spacial score (nSPS) is 17.1. The van der Waals surface area contributed by atoms with E-state index in [4.69, 9.17) is 0 Å². The van der Waals surface area contributed by atoms with E-state index in [-0.39, 0.29) is 22.0 Å². The van der Waals surface area contributed by atoms with Gasteiger partial charge in [-0.05, 0) is 40.6 Å². The minimum atomic E-state index is -1.08. The van der Waals surface area contributed by atoms with Gasteiger partial charge in [0, 0.05) is 18.0 Å². The van der Waals surface area contributed by atoms with Gasteiger partial charge in [-0.1, -0.05) is 59.9 Å². The number of hydrogen-bond acceptors (Lipinski definition) is 7. The van der Waals surface area contributed by atoms with Crippen molar-refractivity contribution in [1.29, 1.82) is 0 Å². The summed E-state index contributed by atoms with van der Waals surface area (Å²) in [5.74, 6) is -3.05. The number of benzene rings is 3. The maximum absolute atomic E-state index is 13.5. The number of pyridine rings is 1. The molecule has 2 N–H and O–H groups in total. The van der Waals surface area contributed by atoms with E-state index in [0.29, 0.717) is 21.3 Å². The fraction of sp³-hybridized carbons (Fsp3) is 0.0357. The van der Waals surface area contributed by atoms with Gasteiger partial charge in [0.15, 0.2) is 5.13 Å². The molecule has 0 spiro atoms. The number of aliphatic hydroxyl groups excluding tert-OH is 1. The van der Waals surface area contributed by atoms with Crippen LogP contribution >= 0.6 is 11.3 Å². The lowest BCUT2D eigenvalue weighted by Gasteiger charge is -2.22. The summed E-state index contributed by atoms with van der Waals surface area (Å²) in [4.78, 5) is 48.2. The number of carboxylic acid groups (broad SMARTS) is 1. The first-order chi connectivity index (χ1) is 17.9. The first-order valence-electron chi connectivity index (χ1n) is 11.3. The van der Waals surface area contributed by atoms with E-state index in [1.54, 1.807) is 36.5 Å². The van der Waals surface area contributed by atoms with Crippen molar-refractivity contribution in [2.24, 2.45) is 0 Å². The minimum absolute atomic E-state index is 0.0696. The van der Waals surface area contributed by atoms with Crippen molar-refractivity contribution in [3.05, 3.63) is 107 Å². The number of carbonyl (C=O) groups excluding carboxylic acids is 2. The number of nitrogens with zero attached hydrogens (tertiary/aromatic N) is 3. The summed E-state index contributed by atoms with van der Waals surface area (Å²) in [5.41, 5.74) is 1.46. The average Bonchev–Trinajstić information content (AvgIpc) is 3.46. The second-order valence-corrected chi connectivity index (χ2v) is 9.48. The van der Waals surface area contributed by atoms with Crippen LogP contribution in [0.15, 0.2) is 90.8 Å². The van der Waals surface area contributed by atoms with Crippen molar-refractivity contribution in [3.63, 3.8) is 0 Å². The van der Waals surface area contributed by atoms with Crippen molar-refractivity contribution >= 4 is 60.9 Å². The molecular formula is C28H17N3O5S. The van der Waals surface area contributed by atoms with Crippen LogP contribution < -0.4 is 4.90 Å². The molecule has 8 nitrogen and oxygen atoms in total. The lowest BCUT2D eigenvalue weighted by Crippen LogP contribution is -2.29. The SMILES string of the molecule is O=C1C(=O)N(c2nc3ccc(C(=O)O)cc3s2)C(c2cccnc2)/C1=C(\O)c1cccc2ccccc12. The second-order valence-electron chi connectivity index (χ2n) is 8.47. The molecule has 180 valence electrons. The van der Waals surface area contributed by atoms with Crippen LogP contribution in [0.3, 0.4) is 0 Å². The maximum atomic E-state index is 13.5. The first kappa shape index (κ1) is 22.6. The first-order valence-corrected chi connectivity index (χ1v) is 12.1. The topological polar surface area (TPSA) is 121 Å². The Bertz CT molecular complexity index is 1770. The molecule has 1 fully saturated rings. The van der Waals surface area contributed by atoms with Crippen LogP contribution in [0.5, 0.6) is 0 Å². The molecule has 1 unspecified atom stereocenters. The lowest BCUT2D eigenvalue weighted by molar-refractivity contribution is -0.132. The van der Waals surface area contributed by atoms with Gasteiger partial charge in [-0.25, -0.2) is 9.78 Å². The number of fused-ring (bicyclic) bond motifs is 2. The van der Waals surface area contributed by atoms with Crippen molar-refractivity contribution in [1.82, 2.24) is 9.97 Å². The Morgan fingerprint density at radius 3 is 2.54 bits per heavy atom. The van der Waals surface area contributed by atoms with Gasteiger partial charge in [0.05, 0.1) is 27.4 Å². The second kappa shape index (κ2) is 8.65. The summed E-state index contributed by atoms with van der Waals surface area (Å²) < 4.78 is 0.552. The summed E-state index contributed by atoms with van der Waals surface area (Å²) >= 11 is 1.10. The van der Waals surface area contributed by atoms with E-state index in [1.807, 2.05) is 30.3 Å². The van der Waals surface area contributed by atoms with Crippen LogP contribution in [-0.2, 0) is 9.59 Å². The molecule has 37 heavy (non-hydrogen) atoms. The Kier molecular flexibility index (Phi) is 5.27. The zero-order chi connectivity index (χ0) is 25.7. The standard InChI is InChI=1S/C28H17N3O5S/c32-24(19-9-3-6-15-5-1-2-8-18(15)19)22-23(17-7-4-12-29-14-17)31(26(34)25(22)33)28-30-20-11-10-16(27(35)36)13-21(20)37-28/h1-14,23,32H,(H,35,36)/b24-22+. The minimum Gasteiger partial charge on any atom is -0.507 e. The van der Waals surface area contributed by atoms with Crippen LogP contribution in [0.2, 0.25) is 0 Å². The Labute approximate surface area is 213 Å². The number of Topliss-reactive ketones (excluding diaryl/α,β-unsaturated/α-hetero) is 1. The highest BCUT2D eigenvalue weighted by atomic mass is 32.1. The van der Waals surface area contributed by atoms with Crippen molar-refractivity contribution in [2.75, 3.05) is 4.90 Å². The molecular weight excluding hydrogens is 490 g/mol. The summed E-state index contributed by atoms with van der Waals surface area (Å²) in [5, 5.41) is 22.7. The fourth-order valence-electron chi connectivity index (χ4n) is 4.61. The fourth-order valence-corrected chi connectivity index (χ4v) is 5.64. The molecule has 0 radical (unpaired) electrons. The van der Waals surface area contributed by atoms with Gasteiger partial charge in [-0.3, -0.25) is 19.5 Å². The average molecular weight is 508 g/mol. The maximum Gasteiger partial charge on any atom is 0.335 e. The van der Waals surface area contributed by atoms with E-state index in [9.17, 15) is 24.6 Å². The highest BCUT2D eigenvalue weighted by Gasteiger charge is 2.48. The number of ketones is 1. The molecule has 5 aromatic rings. The zero-order valence-corrected chi connectivity index (χ0v) is 19.8. The van der Waals surface area contributed by atoms with Crippen LogP contribution in [0.25, 0.3) is 26.7 Å². The van der Waals surface area contributed by atoms with Gasteiger partial charge in [-0.15, -0.1) is 0 Å². The molecule has 0 saturated carbocycles. The predicted molar refractivity (Wildman–Crippen MR) is 140 cm³/mol. The third-order valence-electron chi connectivity index (χ3n) is 6.32. The lowest BCUT2D eigenvalue weighted by atomic mass is 9.94. The summed E-state index contributed by atoms with van der Waals surface area (Å²) in [6.07, 6.45) is 3.11. The molecule has 1 saturated heterocycles. The highest BCUT2D eigenvalue weighted by Crippen LogP contribution is 2.44. The number of anilines is 1. The molecule has 3 heterocycles. The van der Waals surface area contributed by atoms with Crippen LogP contribution in [0.4, 0.5) is 5.13 Å². The van der Waals surface area contributed by atoms with Gasteiger partial charge in [-0.2, -0.15) is 0 Å². The molecule has 3 aromatic carbocycles. The Morgan fingerprint density at radius 1 is 0.946 bits per heavy atom. The number of aliphatic hydroxyl groups is 1. The predicted octanol–water partition coefficient (Wildman–Crippen LogP) is 5.17. The molecule has 1 atom stereocenters. The van der Waals surface area contributed by atoms with Gasteiger partial charge in [0.25, 0.3) is 5.78 Å². The number of hydrogen-bond donors (Lipinski definition) is 2. The monoisotopic (exact) mass is 507 g/mol. The number of aromatic carboxylic acids is 1. The molecule has 6 rings (SSSR count). The largest absolute Gasteiger partial charge is 0.507 e. The number of carboxylic acids is 1. The summed E-state index contributed by atoms with van der Waals surface area (Å²) in [6, 6.07) is 19.7. The van der Waals surface area contributed by atoms with Gasteiger partial charge >= 0.3 is 11.9 Å². The Balaban J connectivity index is 1.58. The van der Waals surface area contributed by atoms with Gasteiger partial charge < -0.3 is 10.2 Å². The molecule has 1 aliphatic rings. The van der Waals surface area contributed by atoms with Crippen molar-refractivity contribution in [3.8, 4) is 0 Å². The number of thiazole rings is 1. The smallest absolute Gasteiger partial charge is 0.335 e. The van der Waals surface area contributed by atoms with E-state index in [0.717, 1.165) is 22.1 Å². The highest BCUT2D eigenvalue weighted by molar-refractivity contribution is 7.22. The third kappa shape index (κ3) is 3.64. The number of rotatable bonds is 4. The molecule has 9 heteroatoms. The Hall–Kier alpha value is -4.89. The van der Waals surface area contributed by atoms with Gasteiger partial charge in [0.1, 0.15) is 5.76 Å². The van der Waals surface area contributed by atoms with E-state index in [2.05, 4.69) is 9.97 Å². The Morgan fingerprint density at radius 2 is 1.76 bits per heavy atom. The molecule has 2 aromatic heterocycles. The number of aromatic nitrogens is 2. The van der Waals surface area contributed by atoms with Crippen LogP contribution in [0, 0.1) is 0 Å². The van der Waals surface area contributed by atoms with E-state index >= 15 is 0 Å². The summed E-state index contributed by atoms with van der Waals surface area (Å²) in [7, 11) is 0. The molecule has 1 amide bonds. The van der Waals surface area contributed by atoms with Crippen LogP contribution in [-0.4, -0.2) is 37.8 Å². The third-order valence-corrected chi connectivity index (χ3v) is 7.34. The number of carbonyl (C=O) groups is 3. The molecule has 0 aliphatic carbocycles. The van der Waals surface area contributed by atoms with E-state index < -0.39 is 23.7 Å². The molecule has 1 aliphatic heterocycles. The molecule has 0 bridgehead atoms. The van der Waals surface area contributed by atoms with Crippen molar-refractivity contribution in [2.45, 2.75) is 6.04 Å².